The number of nitrogens with zero attached hydrogens (tertiary/aromatic N) is 1. The zero-order chi connectivity index (χ0) is 40.3. The highest BCUT2D eigenvalue weighted by atomic mass is 16.3. The van der Waals surface area contributed by atoms with Crippen molar-refractivity contribution in [3.63, 3.8) is 0 Å². The van der Waals surface area contributed by atoms with Gasteiger partial charge >= 0.3 is 0 Å². The number of anilines is 3. The first-order valence-electron chi connectivity index (χ1n) is 21.0. The molecule has 0 amide bonds. The van der Waals surface area contributed by atoms with Gasteiger partial charge in [0.25, 0.3) is 0 Å². The third-order valence-corrected chi connectivity index (χ3v) is 12.7. The first kappa shape index (κ1) is 35.0. The van der Waals surface area contributed by atoms with E-state index in [0.29, 0.717) is 0 Å². The van der Waals surface area contributed by atoms with Crippen LogP contribution < -0.4 is 4.90 Å². The molecule has 61 heavy (non-hydrogen) atoms. The summed E-state index contributed by atoms with van der Waals surface area (Å²) in [6.45, 7) is 0. The molecule has 0 spiro atoms. The fourth-order valence-corrected chi connectivity index (χ4v) is 10.2. The van der Waals surface area contributed by atoms with Gasteiger partial charge in [-0.3, -0.25) is 0 Å². The number of rotatable bonds is 7. The summed E-state index contributed by atoms with van der Waals surface area (Å²) in [4.78, 5) is 2.34. The number of hydrogen-bond donors (Lipinski definition) is 0. The van der Waals surface area contributed by atoms with Crippen molar-refractivity contribution in [2.75, 3.05) is 4.90 Å². The van der Waals surface area contributed by atoms with E-state index in [9.17, 15) is 0 Å². The number of fused-ring (bicyclic) bond motifs is 9. The number of hydrogen-bond acceptors (Lipinski definition) is 2. The Labute approximate surface area is 355 Å². The lowest BCUT2D eigenvalue weighted by atomic mass is 9.68. The third-order valence-electron chi connectivity index (χ3n) is 12.7. The monoisotopic (exact) mass is 777 g/mol. The maximum Gasteiger partial charge on any atom is 0.143 e. The van der Waals surface area contributed by atoms with Crippen LogP contribution in [0.4, 0.5) is 17.1 Å². The molecule has 1 aromatic heterocycles. The lowest BCUT2D eigenvalue weighted by molar-refractivity contribution is 0.636. The van der Waals surface area contributed by atoms with Gasteiger partial charge in [-0.15, -0.1) is 0 Å². The van der Waals surface area contributed by atoms with Crippen LogP contribution in [0.1, 0.15) is 22.3 Å². The van der Waals surface area contributed by atoms with Crippen molar-refractivity contribution in [3.8, 4) is 33.6 Å². The van der Waals surface area contributed by atoms with Gasteiger partial charge in [-0.25, -0.2) is 0 Å². The molecule has 0 atom stereocenters. The lowest BCUT2D eigenvalue weighted by Gasteiger charge is -2.34. The van der Waals surface area contributed by atoms with E-state index in [1.165, 1.54) is 49.5 Å². The fourth-order valence-electron chi connectivity index (χ4n) is 10.2. The van der Waals surface area contributed by atoms with Crippen molar-refractivity contribution in [1.29, 1.82) is 0 Å². The Morgan fingerprint density at radius 3 is 1.39 bits per heavy atom. The van der Waals surface area contributed by atoms with Gasteiger partial charge in [0.1, 0.15) is 11.3 Å². The van der Waals surface area contributed by atoms with Crippen molar-refractivity contribution < 1.29 is 4.42 Å². The minimum Gasteiger partial charge on any atom is -0.455 e. The molecular formula is C59H39NO. The molecule has 1 heterocycles. The second kappa shape index (κ2) is 14.1. The van der Waals surface area contributed by atoms with Gasteiger partial charge < -0.3 is 9.32 Å². The summed E-state index contributed by atoms with van der Waals surface area (Å²) in [5.74, 6) is 0.869. The average molecular weight is 778 g/mol. The van der Waals surface area contributed by atoms with E-state index in [4.69, 9.17) is 4.42 Å². The molecule has 0 aliphatic heterocycles. The summed E-state index contributed by atoms with van der Waals surface area (Å²) >= 11 is 0. The molecule has 286 valence electrons. The highest BCUT2D eigenvalue weighted by molar-refractivity contribution is 6.28. The van der Waals surface area contributed by atoms with Gasteiger partial charge in [-0.2, -0.15) is 0 Å². The number of furan rings is 1. The number of para-hydroxylation sites is 1. The first-order valence-corrected chi connectivity index (χ1v) is 21.0. The van der Waals surface area contributed by atoms with Crippen molar-refractivity contribution >= 4 is 49.6 Å². The smallest absolute Gasteiger partial charge is 0.143 e. The maximum atomic E-state index is 7.07. The summed E-state index contributed by atoms with van der Waals surface area (Å²) < 4.78 is 7.07. The fraction of sp³-hybridized carbons (Fsp3) is 0.0169. The topological polar surface area (TPSA) is 16.4 Å². The van der Waals surface area contributed by atoms with E-state index < -0.39 is 5.41 Å². The van der Waals surface area contributed by atoms with E-state index in [2.05, 4.69) is 241 Å². The molecule has 0 saturated carbocycles. The van der Waals surface area contributed by atoms with Crippen LogP contribution in [0.3, 0.4) is 0 Å². The average Bonchev–Trinajstić information content (AvgIpc) is 3.89. The van der Waals surface area contributed by atoms with E-state index in [-0.39, 0.29) is 0 Å². The summed E-state index contributed by atoms with van der Waals surface area (Å²) in [6.07, 6.45) is 0. The van der Waals surface area contributed by atoms with Crippen molar-refractivity contribution in [2.45, 2.75) is 5.41 Å². The molecule has 11 aromatic rings. The minimum absolute atomic E-state index is 0.452. The molecule has 2 nitrogen and oxygen atoms in total. The predicted octanol–water partition coefficient (Wildman–Crippen LogP) is 15.9. The van der Waals surface area contributed by atoms with E-state index in [1.54, 1.807) is 0 Å². The van der Waals surface area contributed by atoms with E-state index in [0.717, 1.165) is 55.9 Å². The molecule has 0 radical (unpaired) electrons. The highest BCUT2D eigenvalue weighted by Gasteiger charge is 2.45. The minimum atomic E-state index is -0.452. The Morgan fingerprint density at radius 2 is 0.770 bits per heavy atom. The Morgan fingerprint density at radius 1 is 0.328 bits per heavy atom. The van der Waals surface area contributed by atoms with Crippen LogP contribution in [0.25, 0.3) is 66.1 Å². The predicted molar refractivity (Wildman–Crippen MR) is 254 cm³/mol. The Balaban J connectivity index is 1.01. The van der Waals surface area contributed by atoms with Crippen molar-refractivity contribution in [2.24, 2.45) is 0 Å². The molecule has 12 rings (SSSR count). The molecule has 0 unspecified atom stereocenters. The third kappa shape index (κ3) is 5.36. The van der Waals surface area contributed by atoms with Gasteiger partial charge in [-0.05, 0) is 104 Å². The Kier molecular flexibility index (Phi) is 8.11. The van der Waals surface area contributed by atoms with Crippen LogP contribution in [0.5, 0.6) is 0 Å². The Bertz CT molecular complexity index is 3340. The molecule has 2 heteroatoms. The van der Waals surface area contributed by atoms with Gasteiger partial charge in [-0.1, -0.05) is 188 Å². The molecule has 1 aliphatic carbocycles. The number of benzene rings is 10. The van der Waals surface area contributed by atoms with Crippen LogP contribution in [0.15, 0.2) is 241 Å². The van der Waals surface area contributed by atoms with Gasteiger partial charge in [0, 0.05) is 39.0 Å². The normalized spacial score (nSPS) is 12.7. The van der Waals surface area contributed by atoms with Crippen LogP contribution in [0.2, 0.25) is 0 Å². The molecule has 0 N–H and O–H groups in total. The zero-order valence-corrected chi connectivity index (χ0v) is 33.4. The second-order valence-electron chi connectivity index (χ2n) is 15.9. The zero-order valence-electron chi connectivity index (χ0n) is 33.4. The lowest BCUT2D eigenvalue weighted by Crippen LogP contribution is -2.28. The summed E-state index contributed by atoms with van der Waals surface area (Å²) in [5.41, 5.74) is 14.7. The summed E-state index contributed by atoms with van der Waals surface area (Å²) in [7, 11) is 0. The van der Waals surface area contributed by atoms with Gasteiger partial charge in [0.05, 0.1) is 5.41 Å². The van der Waals surface area contributed by atoms with Crippen LogP contribution in [-0.2, 0) is 5.41 Å². The molecule has 0 bridgehead atoms. The first-order chi connectivity index (χ1) is 30.3. The summed E-state index contributed by atoms with van der Waals surface area (Å²) in [6, 6.07) is 85.6. The van der Waals surface area contributed by atoms with Gasteiger partial charge in [0.15, 0.2) is 0 Å². The standard InChI is InChI=1S/C59H39NO/c1-4-18-40(19-5-1)55-56-51-28-12-10-24-47(51)48-25-11-13-29-52(48)58(56)61-57(55)41-32-36-45(37-33-41)60(44-22-8-3-9-23-44)46-38-34-43(35-39-46)59(42-20-6-2-7-21-42)53-30-16-14-26-49(53)50-27-15-17-31-54(50)59/h1-39H. The molecule has 0 saturated heterocycles. The summed E-state index contributed by atoms with van der Waals surface area (Å²) in [5, 5.41) is 5.88. The molecule has 1 aliphatic rings. The maximum absolute atomic E-state index is 7.07. The second-order valence-corrected chi connectivity index (χ2v) is 15.9. The molecule has 0 fully saturated rings. The van der Waals surface area contributed by atoms with Gasteiger partial charge in [0.2, 0.25) is 0 Å². The quantitative estimate of drug-likeness (QED) is 0.150. The van der Waals surface area contributed by atoms with E-state index >= 15 is 0 Å². The van der Waals surface area contributed by atoms with Crippen LogP contribution in [0, 0.1) is 0 Å². The molecular weight excluding hydrogens is 739 g/mol. The van der Waals surface area contributed by atoms with Crippen LogP contribution >= 0.6 is 0 Å². The van der Waals surface area contributed by atoms with E-state index in [1.807, 2.05) is 0 Å². The molecule has 10 aromatic carbocycles. The Hall–Kier alpha value is -7.94. The van der Waals surface area contributed by atoms with Crippen molar-refractivity contribution in [1.82, 2.24) is 0 Å². The van der Waals surface area contributed by atoms with Crippen LogP contribution in [-0.4, -0.2) is 0 Å². The largest absolute Gasteiger partial charge is 0.455 e. The van der Waals surface area contributed by atoms with Crippen molar-refractivity contribution in [3.05, 3.63) is 259 Å². The highest BCUT2D eigenvalue weighted by Crippen LogP contribution is 2.56. The SMILES string of the molecule is c1ccc(-c2c(-c3ccc(N(c4ccccc4)c4ccc(C5(c6ccccc6)c6ccccc6-c6ccccc65)cc4)cc3)oc3c4ccccc4c4ccccc4c23)cc1.